The van der Waals surface area contributed by atoms with Gasteiger partial charge in [0.05, 0.1) is 5.75 Å². The first kappa shape index (κ1) is 10.9. The molecule has 0 aromatic carbocycles. The molecule has 13 heavy (non-hydrogen) atoms. The number of nitrogens with two attached hydrogens (primary N) is 1. The Morgan fingerprint density at radius 2 is 1.85 bits per heavy atom. The minimum Gasteiger partial charge on any atom is -0.328 e. The Labute approximate surface area is 79.9 Å². The fourth-order valence-corrected chi connectivity index (χ4v) is 2.87. The van der Waals surface area contributed by atoms with Gasteiger partial charge in [0.15, 0.2) is 0 Å². The van der Waals surface area contributed by atoms with E-state index in [0.717, 1.165) is 25.7 Å². The average molecular weight is 206 g/mol. The Balaban J connectivity index is 2.39. The van der Waals surface area contributed by atoms with Crippen LogP contribution >= 0.6 is 0 Å². The summed E-state index contributed by atoms with van der Waals surface area (Å²) in [4.78, 5) is 0. The van der Waals surface area contributed by atoms with Crippen molar-refractivity contribution in [2.45, 2.75) is 31.7 Å². The molecule has 0 amide bonds. The molecular weight excluding hydrogens is 188 g/mol. The molecule has 5 heteroatoms. The number of hydrogen-bond acceptors (Lipinski definition) is 3. The maximum Gasteiger partial charge on any atom is 0.211 e. The molecule has 0 bridgehead atoms. The number of nitrogens with one attached hydrogen (secondary N) is 1. The Morgan fingerprint density at radius 3 is 2.31 bits per heavy atom. The lowest BCUT2D eigenvalue weighted by Crippen LogP contribution is -2.32. The zero-order chi connectivity index (χ0) is 9.90. The predicted molar refractivity (Wildman–Crippen MR) is 52.8 cm³/mol. The highest BCUT2D eigenvalue weighted by molar-refractivity contribution is 7.89. The lowest BCUT2D eigenvalue weighted by molar-refractivity contribution is 0.348. The first-order valence-corrected chi connectivity index (χ1v) is 6.35. The summed E-state index contributed by atoms with van der Waals surface area (Å²) in [6.07, 6.45) is 3.82. The van der Waals surface area contributed by atoms with Crippen LogP contribution in [0.5, 0.6) is 0 Å². The molecule has 1 aliphatic rings. The molecule has 1 rings (SSSR count). The smallest absolute Gasteiger partial charge is 0.211 e. The minimum absolute atomic E-state index is 0.260. The van der Waals surface area contributed by atoms with Crippen molar-refractivity contribution in [2.75, 3.05) is 12.8 Å². The fourth-order valence-electron chi connectivity index (χ4n) is 1.75. The van der Waals surface area contributed by atoms with Gasteiger partial charge >= 0.3 is 0 Å². The maximum absolute atomic E-state index is 11.2. The monoisotopic (exact) mass is 206 g/mol. The average Bonchev–Trinajstić information content (AvgIpc) is 2.09. The molecule has 0 aromatic rings. The van der Waals surface area contributed by atoms with Crippen LogP contribution in [-0.4, -0.2) is 27.3 Å². The van der Waals surface area contributed by atoms with Crippen LogP contribution in [0.2, 0.25) is 0 Å². The molecule has 1 saturated carbocycles. The van der Waals surface area contributed by atoms with Gasteiger partial charge in [0.25, 0.3) is 0 Å². The van der Waals surface area contributed by atoms with Gasteiger partial charge in [-0.05, 0) is 38.6 Å². The summed E-state index contributed by atoms with van der Waals surface area (Å²) in [7, 11) is -1.57. The van der Waals surface area contributed by atoms with Crippen LogP contribution in [-0.2, 0) is 10.0 Å². The molecule has 0 radical (unpaired) electrons. The molecule has 4 nitrogen and oxygen atoms in total. The SMILES string of the molecule is CNS(=O)(=O)CC1CCC(N)CC1. The molecule has 3 N–H and O–H groups in total. The molecule has 0 spiro atoms. The minimum atomic E-state index is -3.03. The molecule has 0 aliphatic heterocycles. The second kappa shape index (κ2) is 4.39. The van der Waals surface area contributed by atoms with Crippen LogP contribution in [0.3, 0.4) is 0 Å². The van der Waals surface area contributed by atoms with Gasteiger partial charge in [-0.3, -0.25) is 0 Å². The molecule has 78 valence electrons. The van der Waals surface area contributed by atoms with Crippen molar-refractivity contribution in [1.29, 1.82) is 0 Å². The van der Waals surface area contributed by atoms with E-state index >= 15 is 0 Å². The summed E-state index contributed by atoms with van der Waals surface area (Å²) in [5, 5.41) is 0. The third-order valence-corrected chi connectivity index (χ3v) is 4.19. The Hall–Kier alpha value is -0.130. The second-order valence-electron chi connectivity index (χ2n) is 3.77. The molecule has 1 fully saturated rings. The molecular formula is C8H18N2O2S. The molecule has 0 unspecified atom stereocenters. The van der Waals surface area contributed by atoms with Crippen molar-refractivity contribution in [1.82, 2.24) is 4.72 Å². The van der Waals surface area contributed by atoms with Crippen molar-refractivity contribution in [3.63, 3.8) is 0 Å². The quantitative estimate of drug-likeness (QED) is 0.685. The zero-order valence-electron chi connectivity index (χ0n) is 7.99. The summed E-state index contributed by atoms with van der Waals surface area (Å²) in [6.45, 7) is 0. The van der Waals surface area contributed by atoms with Gasteiger partial charge in [0, 0.05) is 6.04 Å². The largest absolute Gasteiger partial charge is 0.328 e. The van der Waals surface area contributed by atoms with Crippen LogP contribution in [0.15, 0.2) is 0 Å². The maximum atomic E-state index is 11.2. The summed E-state index contributed by atoms with van der Waals surface area (Å²) in [5.41, 5.74) is 5.73. The van der Waals surface area contributed by atoms with Gasteiger partial charge in [0.1, 0.15) is 0 Å². The molecule has 1 aliphatic carbocycles. The van der Waals surface area contributed by atoms with E-state index in [0.29, 0.717) is 5.92 Å². The van der Waals surface area contributed by atoms with Gasteiger partial charge < -0.3 is 5.73 Å². The predicted octanol–water partition coefficient (Wildman–Crippen LogP) is 0.0531. The Bertz CT molecular complexity index is 243. The van der Waals surface area contributed by atoms with Gasteiger partial charge in [-0.1, -0.05) is 0 Å². The number of sulfonamides is 1. The topological polar surface area (TPSA) is 72.2 Å². The lowest BCUT2D eigenvalue weighted by Gasteiger charge is -2.25. The standard InChI is InChI=1S/C8H18N2O2S/c1-10-13(11,12)6-7-2-4-8(9)5-3-7/h7-8,10H,2-6,9H2,1H3. The van der Waals surface area contributed by atoms with E-state index in [2.05, 4.69) is 4.72 Å². The normalized spacial score (nSPS) is 30.3. The van der Waals surface area contributed by atoms with Crippen LogP contribution < -0.4 is 10.5 Å². The summed E-state index contributed by atoms with van der Waals surface area (Å²) in [6, 6.07) is 0.286. The molecule has 0 saturated heterocycles. The van der Waals surface area contributed by atoms with Crippen LogP contribution in [0.4, 0.5) is 0 Å². The van der Waals surface area contributed by atoms with E-state index in [1.54, 1.807) is 0 Å². The van der Waals surface area contributed by atoms with E-state index in [1.807, 2.05) is 0 Å². The van der Waals surface area contributed by atoms with Crippen molar-refractivity contribution in [3.8, 4) is 0 Å². The van der Waals surface area contributed by atoms with E-state index in [1.165, 1.54) is 7.05 Å². The van der Waals surface area contributed by atoms with E-state index in [-0.39, 0.29) is 11.8 Å². The number of rotatable bonds is 3. The summed E-state index contributed by atoms with van der Waals surface area (Å²) in [5.74, 6) is 0.563. The fraction of sp³-hybridized carbons (Fsp3) is 1.00. The van der Waals surface area contributed by atoms with Crippen LogP contribution in [0.1, 0.15) is 25.7 Å². The highest BCUT2D eigenvalue weighted by atomic mass is 32.2. The van der Waals surface area contributed by atoms with Crippen molar-refractivity contribution < 1.29 is 8.42 Å². The van der Waals surface area contributed by atoms with E-state index in [9.17, 15) is 8.42 Å². The summed E-state index contributed by atoms with van der Waals surface area (Å²) < 4.78 is 24.8. The van der Waals surface area contributed by atoms with Gasteiger partial charge in [-0.15, -0.1) is 0 Å². The lowest BCUT2D eigenvalue weighted by atomic mass is 9.88. The van der Waals surface area contributed by atoms with Crippen LogP contribution in [0, 0.1) is 5.92 Å². The Morgan fingerprint density at radius 1 is 1.31 bits per heavy atom. The first-order chi connectivity index (χ1) is 6.03. The molecule has 0 atom stereocenters. The first-order valence-electron chi connectivity index (χ1n) is 4.70. The number of hydrogen-bond donors (Lipinski definition) is 2. The third kappa shape index (κ3) is 3.62. The molecule has 0 aromatic heterocycles. The van der Waals surface area contributed by atoms with Crippen molar-refractivity contribution in [3.05, 3.63) is 0 Å². The van der Waals surface area contributed by atoms with E-state index in [4.69, 9.17) is 5.73 Å². The highest BCUT2D eigenvalue weighted by Crippen LogP contribution is 2.23. The van der Waals surface area contributed by atoms with E-state index < -0.39 is 10.0 Å². The second-order valence-corrected chi connectivity index (χ2v) is 5.74. The third-order valence-electron chi connectivity index (χ3n) is 2.66. The summed E-state index contributed by atoms with van der Waals surface area (Å²) >= 11 is 0. The van der Waals surface area contributed by atoms with Gasteiger partial charge in [-0.2, -0.15) is 0 Å². The zero-order valence-corrected chi connectivity index (χ0v) is 8.81. The van der Waals surface area contributed by atoms with Crippen LogP contribution in [0.25, 0.3) is 0 Å². The van der Waals surface area contributed by atoms with Crippen molar-refractivity contribution in [2.24, 2.45) is 11.7 Å². The van der Waals surface area contributed by atoms with Gasteiger partial charge in [0.2, 0.25) is 10.0 Å². The Kier molecular flexibility index (Phi) is 3.70. The van der Waals surface area contributed by atoms with Gasteiger partial charge in [-0.25, -0.2) is 13.1 Å². The highest BCUT2D eigenvalue weighted by Gasteiger charge is 2.22. The molecule has 0 heterocycles. The van der Waals surface area contributed by atoms with Crippen molar-refractivity contribution >= 4 is 10.0 Å².